The van der Waals surface area contributed by atoms with E-state index in [1.165, 1.54) is 11.8 Å². The Balaban J connectivity index is 2.05. The van der Waals surface area contributed by atoms with Crippen molar-refractivity contribution in [2.75, 3.05) is 19.0 Å². The van der Waals surface area contributed by atoms with Crippen molar-refractivity contribution in [1.29, 1.82) is 0 Å². The van der Waals surface area contributed by atoms with Crippen LogP contribution >= 0.6 is 11.8 Å². The molecule has 1 N–H and O–H groups in total. The van der Waals surface area contributed by atoms with E-state index in [0.717, 1.165) is 51.4 Å². The number of esters is 1. The van der Waals surface area contributed by atoms with Crippen molar-refractivity contribution in [3.8, 4) is 0 Å². The molecule has 1 aliphatic rings. The van der Waals surface area contributed by atoms with Crippen LogP contribution in [0.3, 0.4) is 0 Å². The van der Waals surface area contributed by atoms with Crippen molar-refractivity contribution in [1.82, 2.24) is 0 Å². The topological polar surface area (TPSA) is 91.3 Å². The molecule has 1 rings (SSSR count). The predicted molar refractivity (Wildman–Crippen MR) is 126 cm³/mol. The highest BCUT2D eigenvalue weighted by Crippen LogP contribution is 2.42. The van der Waals surface area contributed by atoms with Gasteiger partial charge >= 0.3 is 5.97 Å². The second-order valence-electron chi connectivity index (χ2n) is 9.41. The summed E-state index contributed by atoms with van der Waals surface area (Å²) in [6.45, 7) is 9.33. The molecular formula is C24H42O7S. The number of thioether (sulfide) groups is 1. The van der Waals surface area contributed by atoms with Gasteiger partial charge in [-0.2, -0.15) is 0 Å². The van der Waals surface area contributed by atoms with Crippen LogP contribution in [0.15, 0.2) is 12.2 Å². The van der Waals surface area contributed by atoms with Crippen LogP contribution in [-0.4, -0.2) is 41.2 Å². The molecule has 186 valence electrons. The summed E-state index contributed by atoms with van der Waals surface area (Å²) in [6.07, 6.45) is 12.9. The van der Waals surface area contributed by atoms with E-state index in [9.17, 15) is 9.59 Å². The van der Waals surface area contributed by atoms with Crippen molar-refractivity contribution in [3.05, 3.63) is 12.2 Å². The van der Waals surface area contributed by atoms with Gasteiger partial charge in [0.1, 0.15) is 5.78 Å². The second-order valence-corrected chi connectivity index (χ2v) is 10.8. The van der Waals surface area contributed by atoms with Gasteiger partial charge in [0.25, 0.3) is 0 Å². The lowest BCUT2D eigenvalue weighted by atomic mass is 9.65. The molecule has 0 aromatic rings. The van der Waals surface area contributed by atoms with E-state index in [-0.39, 0.29) is 28.5 Å². The molecule has 32 heavy (non-hydrogen) atoms. The maximum atomic E-state index is 12.9. The fourth-order valence-corrected chi connectivity index (χ4v) is 5.16. The maximum absolute atomic E-state index is 12.9. The molecule has 0 fully saturated rings. The average Bonchev–Trinajstić information content (AvgIpc) is 2.72. The third-order valence-electron chi connectivity index (χ3n) is 5.99. The lowest BCUT2D eigenvalue weighted by molar-refractivity contribution is -0.623. The van der Waals surface area contributed by atoms with Gasteiger partial charge in [-0.1, -0.05) is 72.0 Å². The zero-order chi connectivity index (χ0) is 23.8. The summed E-state index contributed by atoms with van der Waals surface area (Å²) in [6, 6.07) is 0. The Bertz CT molecular complexity index is 565. The number of ether oxygens (including phenoxy) is 1. The van der Waals surface area contributed by atoms with Gasteiger partial charge in [-0.25, -0.2) is 10.1 Å². The molecule has 0 saturated heterocycles. The van der Waals surface area contributed by atoms with E-state index in [1.54, 1.807) is 0 Å². The van der Waals surface area contributed by atoms with E-state index < -0.39 is 0 Å². The number of carbonyl (C=O) groups is 2. The molecule has 0 radical (unpaired) electrons. The van der Waals surface area contributed by atoms with Gasteiger partial charge in [-0.3, -0.25) is 9.59 Å². The Morgan fingerprint density at radius 1 is 1.09 bits per heavy atom. The second kappa shape index (κ2) is 16.6. The summed E-state index contributed by atoms with van der Waals surface area (Å²) in [5.74, 6) is 0.720. The van der Waals surface area contributed by atoms with Crippen LogP contribution < -0.4 is 0 Å². The molecule has 0 heterocycles. The number of ketones is 1. The Morgan fingerprint density at radius 3 is 2.34 bits per heavy atom. The fraction of sp³-hybridized carbons (Fsp3) is 0.833. The van der Waals surface area contributed by atoms with Crippen molar-refractivity contribution in [3.63, 3.8) is 0 Å². The standard InChI is InChI=1S/C24H42O7S/c1-19-13-12-14-24(3,4)23(19)21(25)17-20(2)32-18-22(26)28-15-10-8-6-5-7-9-11-16-29-31-30-27/h12-13,19-20,23,27H,5-11,14-18H2,1-4H3. The first-order chi connectivity index (χ1) is 15.3. The summed E-state index contributed by atoms with van der Waals surface area (Å²) < 4.78 is 5.33. The Morgan fingerprint density at radius 2 is 1.72 bits per heavy atom. The summed E-state index contributed by atoms with van der Waals surface area (Å²) in [5.41, 5.74) is -0.00628. The fourth-order valence-electron chi connectivity index (χ4n) is 4.37. The molecule has 8 heteroatoms. The molecule has 7 nitrogen and oxygen atoms in total. The molecular weight excluding hydrogens is 432 g/mol. The Kier molecular flexibility index (Phi) is 15.1. The maximum Gasteiger partial charge on any atom is 0.315 e. The molecule has 3 atom stereocenters. The average molecular weight is 475 g/mol. The minimum absolute atomic E-state index is 0.00628. The molecule has 0 spiro atoms. The number of hydrogen-bond acceptors (Lipinski definition) is 8. The quantitative estimate of drug-likeness (QED) is 0.0859. The van der Waals surface area contributed by atoms with E-state index in [2.05, 4.69) is 47.9 Å². The van der Waals surface area contributed by atoms with Crippen molar-refractivity contribution < 1.29 is 34.5 Å². The summed E-state index contributed by atoms with van der Waals surface area (Å²) in [5, 5.41) is 15.3. The van der Waals surface area contributed by atoms with Gasteiger partial charge < -0.3 is 4.74 Å². The van der Waals surface area contributed by atoms with Gasteiger partial charge in [-0.15, -0.1) is 11.8 Å². The number of rotatable bonds is 18. The molecule has 0 aromatic heterocycles. The molecule has 1 aliphatic carbocycles. The first-order valence-corrected chi connectivity index (χ1v) is 12.9. The Labute approximate surface area is 197 Å². The minimum atomic E-state index is -0.197. The van der Waals surface area contributed by atoms with E-state index in [0.29, 0.717) is 31.2 Å². The van der Waals surface area contributed by atoms with Gasteiger partial charge in [0, 0.05) is 17.6 Å². The third kappa shape index (κ3) is 12.3. The van der Waals surface area contributed by atoms with Gasteiger partial charge in [0.2, 0.25) is 0 Å². The SMILES string of the molecule is CC(CC(=O)C1C(C)C=CCC1(C)C)SCC(=O)OCCCCCCCCCOOOO. The number of Topliss-reactive ketones (excluding diaryl/α,β-unsaturated/α-hetero) is 1. The van der Waals surface area contributed by atoms with Crippen molar-refractivity contribution in [2.45, 2.75) is 90.7 Å². The van der Waals surface area contributed by atoms with Crippen LogP contribution in [0.2, 0.25) is 0 Å². The summed E-state index contributed by atoms with van der Waals surface area (Å²) in [4.78, 5) is 29.4. The van der Waals surface area contributed by atoms with Gasteiger partial charge in [-0.05, 0) is 40.7 Å². The molecule has 0 saturated carbocycles. The smallest absolute Gasteiger partial charge is 0.315 e. The summed E-state index contributed by atoms with van der Waals surface area (Å²) in [7, 11) is 0. The number of hydrogen-bond donors (Lipinski definition) is 1. The molecule has 0 aliphatic heterocycles. The number of carbonyl (C=O) groups excluding carboxylic acids is 2. The first kappa shape index (κ1) is 29.1. The zero-order valence-electron chi connectivity index (χ0n) is 20.2. The van der Waals surface area contributed by atoms with Crippen molar-refractivity contribution in [2.24, 2.45) is 17.3 Å². The third-order valence-corrected chi connectivity index (χ3v) is 7.12. The number of allylic oxidation sites excluding steroid dienone is 2. The largest absolute Gasteiger partial charge is 0.465 e. The molecule has 3 unspecified atom stereocenters. The van der Waals surface area contributed by atoms with Gasteiger partial charge in [0.05, 0.1) is 19.0 Å². The first-order valence-electron chi connectivity index (χ1n) is 11.8. The van der Waals surface area contributed by atoms with Crippen LogP contribution in [0.1, 0.15) is 85.5 Å². The molecule has 0 aromatic carbocycles. The van der Waals surface area contributed by atoms with E-state index in [4.69, 9.17) is 9.99 Å². The van der Waals surface area contributed by atoms with Crippen LogP contribution in [0.4, 0.5) is 0 Å². The van der Waals surface area contributed by atoms with E-state index >= 15 is 0 Å². The highest BCUT2D eigenvalue weighted by Gasteiger charge is 2.39. The Hall–Kier alpha value is -0.930. The highest BCUT2D eigenvalue weighted by atomic mass is 32.2. The van der Waals surface area contributed by atoms with Crippen LogP contribution in [0, 0.1) is 17.3 Å². The molecule has 0 amide bonds. The van der Waals surface area contributed by atoms with Gasteiger partial charge in [0.15, 0.2) is 0 Å². The van der Waals surface area contributed by atoms with Crippen molar-refractivity contribution >= 4 is 23.5 Å². The monoisotopic (exact) mass is 474 g/mol. The minimum Gasteiger partial charge on any atom is -0.465 e. The highest BCUT2D eigenvalue weighted by molar-refractivity contribution is 8.00. The number of unbranched alkanes of at least 4 members (excludes halogenated alkanes) is 6. The predicted octanol–water partition coefficient (Wildman–Crippen LogP) is 5.93. The molecule has 0 bridgehead atoms. The van der Waals surface area contributed by atoms with Crippen LogP contribution in [0.25, 0.3) is 0 Å². The van der Waals surface area contributed by atoms with E-state index in [1.807, 2.05) is 6.92 Å². The normalized spacial score (nSPS) is 20.8. The van der Waals surface area contributed by atoms with Crippen LogP contribution in [-0.2, 0) is 29.3 Å². The summed E-state index contributed by atoms with van der Waals surface area (Å²) >= 11 is 1.51. The lowest BCUT2D eigenvalue weighted by Crippen LogP contribution is -2.38. The zero-order valence-corrected chi connectivity index (χ0v) is 21.0. The van der Waals surface area contributed by atoms with Crippen LogP contribution in [0.5, 0.6) is 0 Å². The lowest BCUT2D eigenvalue weighted by Gasteiger charge is -2.39.